The lowest BCUT2D eigenvalue weighted by Crippen LogP contribution is -2.46. The van der Waals surface area contributed by atoms with Crippen LogP contribution in [0.1, 0.15) is 19.8 Å². The van der Waals surface area contributed by atoms with E-state index in [-0.39, 0.29) is 12.5 Å². The average molecular weight is 345 g/mol. The number of likely N-dealkylation sites (tertiary alicyclic amines) is 1. The first kappa shape index (κ1) is 17.1. The quantitative estimate of drug-likeness (QED) is 0.842. The molecule has 122 valence electrons. The summed E-state index contributed by atoms with van der Waals surface area (Å²) in [6.07, 6.45) is 3.16. The van der Waals surface area contributed by atoms with Crippen LogP contribution in [-0.2, 0) is 14.8 Å². The van der Waals surface area contributed by atoms with Crippen molar-refractivity contribution in [3.05, 3.63) is 29.3 Å². The number of benzene rings is 1. The molecule has 1 amide bonds. The summed E-state index contributed by atoms with van der Waals surface area (Å²) < 4.78 is 25.2. The van der Waals surface area contributed by atoms with E-state index in [1.54, 1.807) is 29.2 Å². The van der Waals surface area contributed by atoms with Crippen LogP contribution in [-0.4, -0.2) is 45.1 Å². The number of hydrogen-bond donors (Lipinski definition) is 0. The second-order valence-corrected chi connectivity index (χ2v) is 8.18. The van der Waals surface area contributed by atoms with Gasteiger partial charge in [0.1, 0.15) is 6.54 Å². The number of hydrogen-bond acceptors (Lipinski definition) is 3. The Balaban J connectivity index is 2.19. The Kier molecular flexibility index (Phi) is 5.34. The van der Waals surface area contributed by atoms with Crippen molar-refractivity contribution in [3.8, 4) is 0 Å². The van der Waals surface area contributed by atoms with Gasteiger partial charge in [-0.25, -0.2) is 8.42 Å². The third-order valence-electron chi connectivity index (χ3n) is 3.79. The van der Waals surface area contributed by atoms with E-state index in [0.29, 0.717) is 29.7 Å². The van der Waals surface area contributed by atoms with Crippen LogP contribution in [0.2, 0.25) is 5.02 Å². The fraction of sp³-hybridized carbons (Fsp3) is 0.533. The number of carbonyl (C=O) groups is 1. The first-order valence-electron chi connectivity index (χ1n) is 7.28. The minimum atomic E-state index is -3.55. The average Bonchev–Trinajstić information content (AvgIpc) is 2.43. The largest absolute Gasteiger partial charge is 0.341 e. The highest BCUT2D eigenvalue weighted by Crippen LogP contribution is 2.22. The molecular formula is C15H21ClN2O3S. The lowest BCUT2D eigenvalue weighted by Gasteiger charge is -2.33. The van der Waals surface area contributed by atoms with Crippen LogP contribution in [0, 0.1) is 5.92 Å². The maximum atomic E-state index is 12.4. The normalized spacial score (nSPS) is 19.0. The van der Waals surface area contributed by atoms with E-state index in [2.05, 4.69) is 6.92 Å². The van der Waals surface area contributed by atoms with E-state index in [0.717, 1.165) is 23.4 Å². The van der Waals surface area contributed by atoms with Gasteiger partial charge in [0, 0.05) is 18.1 Å². The molecule has 0 saturated carbocycles. The molecule has 2 rings (SSSR count). The predicted octanol–water partition coefficient (Wildman–Crippen LogP) is 2.36. The molecule has 0 aliphatic carbocycles. The smallest absolute Gasteiger partial charge is 0.243 e. The second kappa shape index (κ2) is 6.87. The summed E-state index contributed by atoms with van der Waals surface area (Å²) in [6.45, 7) is 3.29. The summed E-state index contributed by atoms with van der Waals surface area (Å²) >= 11 is 5.93. The Morgan fingerprint density at radius 1 is 1.45 bits per heavy atom. The van der Waals surface area contributed by atoms with Crippen molar-refractivity contribution < 1.29 is 13.2 Å². The topological polar surface area (TPSA) is 57.7 Å². The molecule has 7 heteroatoms. The molecule has 0 bridgehead atoms. The maximum absolute atomic E-state index is 12.4. The van der Waals surface area contributed by atoms with E-state index in [9.17, 15) is 13.2 Å². The monoisotopic (exact) mass is 344 g/mol. The molecule has 1 aliphatic rings. The Morgan fingerprint density at radius 2 is 2.18 bits per heavy atom. The van der Waals surface area contributed by atoms with Gasteiger partial charge in [0.2, 0.25) is 15.9 Å². The van der Waals surface area contributed by atoms with Crippen molar-refractivity contribution in [3.63, 3.8) is 0 Å². The number of carbonyl (C=O) groups excluding carboxylic acids is 1. The molecule has 0 N–H and O–H groups in total. The molecule has 1 atom stereocenters. The highest BCUT2D eigenvalue weighted by Gasteiger charge is 2.26. The molecule has 5 nitrogen and oxygen atoms in total. The second-order valence-electron chi connectivity index (χ2n) is 5.84. The van der Waals surface area contributed by atoms with Gasteiger partial charge in [-0.1, -0.05) is 24.6 Å². The minimum Gasteiger partial charge on any atom is -0.341 e. The number of piperidine rings is 1. The summed E-state index contributed by atoms with van der Waals surface area (Å²) in [4.78, 5) is 14.2. The lowest BCUT2D eigenvalue weighted by atomic mass is 10.0. The molecule has 0 radical (unpaired) electrons. The molecule has 0 aromatic heterocycles. The van der Waals surface area contributed by atoms with Crippen LogP contribution in [0.15, 0.2) is 24.3 Å². The van der Waals surface area contributed by atoms with Crippen molar-refractivity contribution in [2.45, 2.75) is 19.8 Å². The summed E-state index contributed by atoms with van der Waals surface area (Å²) in [5.74, 6) is 0.285. The van der Waals surface area contributed by atoms with Gasteiger partial charge in [-0.3, -0.25) is 9.10 Å². The lowest BCUT2D eigenvalue weighted by molar-refractivity contribution is -0.131. The number of sulfonamides is 1. The van der Waals surface area contributed by atoms with E-state index in [1.807, 2.05) is 0 Å². The summed E-state index contributed by atoms with van der Waals surface area (Å²) in [5.41, 5.74) is 0.411. The molecule has 1 heterocycles. The number of amides is 1. The Labute approximate surface area is 136 Å². The summed E-state index contributed by atoms with van der Waals surface area (Å²) in [7, 11) is -3.55. The summed E-state index contributed by atoms with van der Waals surface area (Å²) in [5, 5.41) is 0.435. The molecule has 0 unspecified atom stereocenters. The van der Waals surface area contributed by atoms with Crippen LogP contribution in [0.25, 0.3) is 0 Å². The first-order valence-corrected chi connectivity index (χ1v) is 9.51. The van der Waals surface area contributed by atoms with Crippen molar-refractivity contribution in [1.29, 1.82) is 0 Å². The van der Waals surface area contributed by atoms with E-state index in [1.165, 1.54) is 0 Å². The number of halogens is 1. The van der Waals surface area contributed by atoms with Crippen molar-refractivity contribution in [2.24, 2.45) is 5.92 Å². The molecule has 22 heavy (non-hydrogen) atoms. The molecule has 1 fully saturated rings. The Hall–Kier alpha value is -1.27. The number of nitrogens with zero attached hydrogens (tertiary/aromatic N) is 2. The van der Waals surface area contributed by atoms with Crippen LogP contribution in [0.3, 0.4) is 0 Å². The van der Waals surface area contributed by atoms with Crippen molar-refractivity contribution in [2.75, 3.05) is 30.2 Å². The summed E-state index contributed by atoms with van der Waals surface area (Å²) in [6, 6.07) is 6.52. The SMILES string of the molecule is C[C@@H]1CCCN(C(=O)CN(c2cccc(Cl)c2)S(C)(=O)=O)C1. The molecule has 1 aliphatic heterocycles. The Morgan fingerprint density at radius 3 is 2.77 bits per heavy atom. The minimum absolute atomic E-state index is 0.169. The third-order valence-corrected chi connectivity index (χ3v) is 5.16. The van der Waals surface area contributed by atoms with Crippen molar-refractivity contribution >= 4 is 33.2 Å². The van der Waals surface area contributed by atoms with Gasteiger partial charge in [-0.15, -0.1) is 0 Å². The zero-order valence-electron chi connectivity index (χ0n) is 12.8. The van der Waals surface area contributed by atoms with Gasteiger partial charge < -0.3 is 4.90 Å². The predicted molar refractivity (Wildman–Crippen MR) is 88.6 cm³/mol. The third kappa shape index (κ3) is 4.36. The van der Waals surface area contributed by atoms with Gasteiger partial charge >= 0.3 is 0 Å². The maximum Gasteiger partial charge on any atom is 0.243 e. The molecule has 0 spiro atoms. The fourth-order valence-electron chi connectivity index (χ4n) is 2.67. The zero-order valence-corrected chi connectivity index (χ0v) is 14.4. The highest BCUT2D eigenvalue weighted by atomic mass is 35.5. The van der Waals surface area contributed by atoms with Gasteiger partial charge in [0.05, 0.1) is 11.9 Å². The van der Waals surface area contributed by atoms with E-state index >= 15 is 0 Å². The van der Waals surface area contributed by atoms with Crippen LogP contribution >= 0.6 is 11.6 Å². The van der Waals surface area contributed by atoms with E-state index in [4.69, 9.17) is 11.6 Å². The van der Waals surface area contributed by atoms with Crippen molar-refractivity contribution in [1.82, 2.24) is 4.90 Å². The molecule has 1 aromatic rings. The molecule has 1 saturated heterocycles. The van der Waals surface area contributed by atoms with E-state index < -0.39 is 10.0 Å². The fourth-order valence-corrected chi connectivity index (χ4v) is 3.70. The number of anilines is 1. The van der Waals surface area contributed by atoms with Gasteiger partial charge in [-0.05, 0) is 37.0 Å². The van der Waals surface area contributed by atoms with Gasteiger partial charge in [-0.2, -0.15) is 0 Å². The van der Waals surface area contributed by atoms with Crippen LogP contribution < -0.4 is 4.31 Å². The molecule has 1 aromatic carbocycles. The molecular weight excluding hydrogens is 324 g/mol. The van der Waals surface area contributed by atoms with Gasteiger partial charge in [0.15, 0.2) is 0 Å². The highest BCUT2D eigenvalue weighted by molar-refractivity contribution is 7.92. The first-order chi connectivity index (χ1) is 10.3. The zero-order chi connectivity index (χ0) is 16.3. The van der Waals surface area contributed by atoms with Gasteiger partial charge in [0.25, 0.3) is 0 Å². The van der Waals surface area contributed by atoms with Crippen LogP contribution in [0.4, 0.5) is 5.69 Å². The van der Waals surface area contributed by atoms with Crippen LogP contribution in [0.5, 0.6) is 0 Å². The Bertz CT molecular complexity index is 648. The number of rotatable bonds is 4. The standard InChI is InChI=1S/C15H21ClN2O3S/c1-12-5-4-8-17(10-12)15(19)11-18(22(2,20)21)14-7-3-6-13(16)9-14/h3,6-7,9,12H,4-5,8,10-11H2,1-2H3/t12-/m1/s1.